The van der Waals surface area contributed by atoms with E-state index in [1.54, 1.807) is 18.2 Å². The van der Waals surface area contributed by atoms with Crippen LogP contribution in [0.25, 0.3) is 0 Å². The summed E-state index contributed by atoms with van der Waals surface area (Å²) in [6.07, 6.45) is -10.1. The maximum atomic E-state index is 12.4. The third-order valence-corrected chi connectivity index (χ3v) is 4.37. The molecule has 146 valence electrons. The zero-order chi connectivity index (χ0) is 26.1. The molecule has 1 amide bonds. The number of nitrogens with zero attached hydrogens (tertiary/aromatic N) is 1. The molecule has 0 saturated carbocycles. The first-order chi connectivity index (χ1) is 16.2. The van der Waals surface area contributed by atoms with Crippen molar-refractivity contribution < 1.29 is 19.5 Å². The van der Waals surface area contributed by atoms with Crippen molar-refractivity contribution in [1.82, 2.24) is 4.98 Å². The van der Waals surface area contributed by atoms with Gasteiger partial charge in [0.2, 0.25) is 5.91 Å². The highest BCUT2D eigenvalue weighted by Crippen LogP contribution is 2.20. The van der Waals surface area contributed by atoms with E-state index in [9.17, 15) is 9.90 Å². The Hall–Kier alpha value is -2.70. The lowest BCUT2D eigenvalue weighted by Crippen LogP contribution is -2.14. The van der Waals surface area contributed by atoms with Crippen LogP contribution in [0.5, 0.6) is 0 Å². The summed E-state index contributed by atoms with van der Waals surface area (Å²) in [5.41, 5.74) is 5.92. The monoisotopic (exact) mass is 402 g/mol. The lowest BCUT2D eigenvalue weighted by molar-refractivity contribution is -0.115. The summed E-state index contributed by atoms with van der Waals surface area (Å²) in [6, 6.07) is 13.4. The fourth-order valence-electron chi connectivity index (χ4n) is 2.38. The second-order valence-corrected chi connectivity index (χ2v) is 6.69. The van der Waals surface area contributed by atoms with Crippen molar-refractivity contribution in [3.63, 3.8) is 0 Å². The topological polar surface area (TPSA) is 88.2 Å². The van der Waals surface area contributed by atoms with E-state index in [0.29, 0.717) is 0 Å². The van der Waals surface area contributed by atoms with Gasteiger partial charge >= 0.3 is 0 Å². The summed E-state index contributed by atoms with van der Waals surface area (Å²) in [5.74, 6) is -0.956. The minimum atomic E-state index is -2.56. The summed E-state index contributed by atoms with van der Waals surface area (Å²) in [5, 5.41) is 14.5. The molecule has 1 atom stereocenters. The molecule has 0 bridgehead atoms. The van der Waals surface area contributed by atoms with Crippen LogP contribution in [-0.2, 0) is 17.5 Å². The van der Waals surface area contributed by atoms with Gasteiger partial charge in [-0.2, -0.15) is 0 Å². The summed E-state index contributed by atoms with van der Waals surface area (Å²) >= 11 is 1.02. The van der Waals surface area contributed by atoms with Crippen LogP contribution in [0.2, 0.25) is 0 Å². The maximum Gasteiger partial charge on any atom is 0.230 e. The molecule has 2 aromatic carbocycles. The van der Waals surface area contributed by atoms with E-state index in [1.165, 1.54) is 41.8 Å². The van der Waals surface area contributed by atoms with Crippen LogP contribution in [0, 0.1) is 0 Å². The fraction of sp³-hybridized carbons (Fsp3) is 0.273. The Bertz CT molecular complexity index is 1170. The standard InChI is InChI=1S/C22H25N3O2S/c23-22-25-19(15-28-22)14-21(27)24-18-12-10-16(11-13-18)6-4-5-9-20(26)17-7-2-1-3-8-17/h1-3,7-8,10-13,15,20,26H,4-6,9,14H2,(H2,23,25)(H,24,27)/t20-/m0/s1/i6D2,9D2,14D2,20D. The van der Waals surface area contributed by atoms with Gasteiger partial charge in [0.15, 0.2) is 5.13 Å². The highest BCUT2D eigenvalue weighted by Gasteiger charge is 2.08. The third kappa shape index (κ3) is 6.18. The van der Waals surface area contributed by atoms with Crippen LogP contribution in [-0.4, -0.2) is 16.0 Å². The van der Waals surface area contributed by atoms with Crippen LogP contribution >= 0.6 is 11.3 Å². The van der Waals surface area contributed by atoms with Gasteiger partial charge in [-0.3, -0.25) is 4.79 Å². The number of nitrogens with one attached hydrogen (secondary N) is 1. The second kappa shape index (κ2) is 10.0. The van der Waals surface area contributed by atoms with Gasteiger partial charge in [0, 0.05) is 19.3 Å². The summed E-state index contributed by atoms with van der Waals surface area (Å²) in [6.45, 7) is 0. The second-order valence-electron chi connectivity index (χ2n) is 5.80. The zero-order valence-electron chi connectivity index (χ0n) is 22.0. The number of thiazole rings is 1. The predicted octanol–water partition coefficient (Wildman–Crippen LogP) is 4.35. The van der Waals surface area contributed by atoms with Crippen LogP contribution in [0.3, 0.4) is 0 Å². The van der Waals surface area contributed by atoms with Gasteiger partial charge in [-0.25, -0.2) is 4.98 Å². The van der Waals surface area contributed by atoms with Gasteiger partial charge in [0.1, 0.15) is 0 Å². The first kappa shape index (κ1) is 12.7. The van der Waals surface area contributed by atoms with Gasteiger partial charge in [-0.1, -0.05) is 48.9 Å². The number of anilines is 2. The molecule has 0 unspecified atom stereocenters. The average Bonchev–Trinajstić information content (AvgIpc) is 3.26. The van der Waals surface area contributed by atoms with Crippen molar-refractivity contribution in [2.24, 2.45) is 0 Å². The Morgan fingerprint density at radius 2 is 1.96 bits per heavy atom. The molecule has 5 nitrogen and oxygen atoms in total. The molecule has 0 aliphatic heterocycles. The fourth-order valence-corrected chi connectivity index (χ4v) is 2.88. The van der Waals surface area contributed by atoms with E-state index in [4.69, 9.17) is 15.3 Å². The van der Waals surface area contributed by atoms with Gasteiger partial charge < -0.3 is 16.2 Å². The van der Waals surface area contributed by atoms with Gasteiger partial charge in [0.25, 0.3) is 0 Å². The summed E-state index contributed by atoms with van der Waals surface area (Å²) in [7, 11) is 0. The number of aliphatic hydroxyl groups is 1. The Morgan fingerprint density at radius 3 is 2.64 bits per heavy atom. The van der Waals surface area contributed by atoms with E-state index in [-0.39, 0.29) is 34.1 Å². The van der Waals surface area contributed by atoms with E-state index >= 15 is 0 Å². The molecule has 0 saturated heterocycles. The molecule has 0 radical (unpaired) electrons. The first-order valence-corrected chi connectivity index (χ1v) is 9.46. The molecule has 1 heterocycles. The van der Waals surface area contributed by atoms with Crippen LogP contribution < -0.4 is 11.1 Å². The molecule has 28 heavy (non-hydrogen) atoms. The minimum Gasteiger partial charge on any atom is -0.388 e. The summed E-state index contributed by atoms with van der Waals surface area (Å²) < 4.78 is 57.4. The van der Waals surface area contributed by atoms with Crippen molar-refractivity contribution in [3.05, 3.63) is 76.8 Å². The molecule has 4 N–H and O–H groups in total. The van der Waals surface area contributed by atoms with Gasteiger partial charge in [-0.15, -0.1) is 11.3 Å². The number of amides is 1. The van der Waals surface area contributed by atoms with Crippen molar-refractivity contribution in [1.29, 1.82) is 0 Å². The van der Waals surface area contributed by atoms with Crippen LogP contribution in [0.15, 0.2) is 60.0 Å². The van der Waals surface area contributed by atoms with Gasteiger partial charge in [0.05, 0.1) is 19.5 Å². The SMILES string of the molecule is [2H]C([2H])(CCC([2H])([2H])[C@]([2H])(O)c1ccccc1)c1ccc(NC(=O)C([2H])([2H])c2csc(N)n2)cc1. The molecule has 1 aromatic heterocycles. The van der Waals surface area contributed by atoms with Crippen molar-refractivity contribution >= 4 is 28.1 Å². The van der Waals surface area contributed by atoms with Gasteiger partial charge in [-0.05, 0) is 42.4 Å². The number of benzene rings is 2. The normalized spacial score (nSPS) is 18.2. The van der Waals surface area contributed by atoms with E-state index in [2.05, 4.69) is 10.3 Å². The largest absolute Gasteiger partial charge is 0.388 e. The summed E-state index contributed by atoms with van der Waals surface area (Å²) in [4.78, 5) is 16.2. The zero-order valence-corrected chi connectivity index (χ0v) is 15.8. The molecule has 6 heteroatoms. The van der Waals surface area contributed by atoms with E-state index in [1.807, 2.05) is 0 Å². The quantitative estimate of drug-likeness (QED) is 0.496. The van der Waals surface area contributed by atoms with Crippen molar-refractivity contribution in [3.8, 4) is 0 Å². The van der Waals surface area contributed by atoms with E-state index < -0.39 is 37.5 Å². The predicted molar refractivity (Wildman–Crippen MR) is 114 cm³/mol. The molecule has 0 aliphatic carbocycles. The molecule has 0 spiro atoms. The Kier molecular flexibility index (Phi) is 4.54. The molecule has 3 rings (SSSR count). The third-order valence-electron chi connectivity index (χ3n) is 3.70. The Labute approximate surface area is 179 Å². The number of aromatic nitrogens is 1. The number of hydrogen-bond donors (Lipinski definition) is 3. The molecular weight excluding hydrogens is 370 g/mol. The lowest BCUT2D eigenvalue weighted by Gasteiger charge is -2.10. The average molecular weight is 403 g/mol. The number of rotatable bonds is 9. The number of nitrogen functional groups attached to an aromatic ring is 1. The lowest BCUT2D eigenvalue weighted by atomic mass is 10.0. The van der Waals surface area contributed by atoms with Crippen molar-refractivity contribution in [2.45, 2.75) is 38.0 Å². The Balaban J connectivity index is 1.67. The first-order valence-electron chi connectivity index (χ1n) is 12.1. The van der Waals surface area contributed by atoms with Crippen molar-refractivity contribution in [2.75, 3.05) is 11.1 Å². The van der Waals surface area contributed by atoms with Crippen LogP contribution in [0.4, 0.5) is 10.8 Å². The number of carbonyl (C=O) groups excluding carboxylic acids is 1. The maximum absolute atomic E-state index is 12.4. The minimum absolute atomic E-state index is 0.0749. The smallest absolute Gasteiger partial charge is 0.230 e. The number of hydrogen-bond acceptors (Lipinski definition) is 5. The highest BCUT2D eigenvalue weighted by atomic mass is 32.1. The molecule has 0 aliphatic rings. The van der Waals surface area contributed by atoms with E-state index in [0.717, 1.165) is 11.3 Å². The number of carbonyl (C=O) groups is 1. The molecular formula is C22H25N3O2S. The van der Waals surface area contributed by atoms with Crippen LogP contribution in [0.1, 0.15) is 51.7 Å². The molecule has 0 fully saturated rings. The number of nitrogens with two attached hydrogens (primary N) is 1. The highest BCUT2D eigenvalue weighted by molar-refractivity contribution is 7.13. The Morgan fingerprint density at radius 1 is 1.21 bits per heavy atom. The number of aryl methyl sites for hydroxylation is 1. The molecule has 3 aromatic rings.